The number of hydrogen-bond donors (Lipinski definition) is 3. The van der Waals surface area contributed by atoms with Crippen molar-refractivity contribution in [2.45, 2.75) is 31.6 Å². The molecule has 1 heterocycles. The van der Waals surface area contributed by atoms with Crippen molar-refractivity contribution in [1.82, 2.24) is 10.2 Å². The fourth-order valence-electron chi connectivity index (χ4n) is 4.22. The molecule has 43 heavy (non-hydrogen) atoms. The number of halogens is 3. The lowest BCUT2D eigenvalue weighted by molar-refractivity contribution is -0.202. The molecule has 226 valence electrons. The Balaban J connectivity index is 1.98. The molecule has 0 saturated heterocycles. The number of nitrogens with zero attached hydrogens (tertiary/aromatic N) is 3. The van der Waals surface area contributed by atoms with Crippen molar-refractivity contribution in [2.75, 3.05) is 25.0 Å². The van der Waals surface area contributed by atoms with Crippen LogP contribution in [0.4, 0.5) is 18.9 Å². The molecule has 5 N–H and O–H groups in total. The smallest absolute Gasteiger partial charge is 0.386 e. The minimum absolute atomic E-state index is 0.0270. The highest BCUT2D eigenvalue weighted by atomic mass is 19.4. The summed E-state index contributed by atoms with van der Waals surface area (Å²) in [5.41, 5.74) is 11.2. The second-order valence-corrected chi connectivity index (χ2v) is 9.28. The first-order chi connectivity index (χ1) is 20.2. The zero-order valence-corrected chi connectivity index (χ0v) is 23.0. The number of benzene rings is 2. The number of rotatable bonds is 7. The topological polar surface area (TPSA) is 177 Å². The third-order valence-corrected chi connectivity index (χ3v) is 6.17. The summed E-state index contributed by atoms with van der Waals surface area (Å²) in [5, 5.41) is 2.49. The summed E-state index contributed by atoms with van der Waals surface area (Å²) >= 11 is 0. The minimum Gasteiger partial charge on any atom is -0.386 e. The first-order valence-corrected chi connectivity index (χ1v) is 12.7. The maximum absolute atomic E-state index is 14.0. The van der Waals surface area contributed by atoms with Crippen LogP contribution in [0, 0.1) is 11.8 Å². The van der Waals surface area contributed by atoms with Crippen LogP contribution < -0.4 is 21.7 Å². The quantitative estimate of drug-likeness (QED) is 0.105. The SMILES string of the molecule is CC(CC(=O)OC(=O)C(F)(F)F)N1C(=O)c2cc(C#CC(=O)NCCN=C(N)N)ccc2N(C)C(=O)C1c1ccccc1. The number of anilines is 1. The number of carbonyl (C=O) groups excluding carboxylic acids is 5. The maximum atomic E-state index is 14.0. The van der Waals surface area contributed by atoms with Gasteiger partial charge < -0.3 is 31.3 Å². The number of aliphatic imine (C=N–C) groups is 1. The normalized spacial score (nSPS) is 15.3. The second-order valence-electron chi connectivity index (χ2n) is 9.28. The fraction of sp³-hybridized carbons (Fsp3) is 0.286. The van der Waals surface area contributed by atoms with Crippen LogP contribution in [0.3, 0.4) is 0 Å². The van der Waals surface area contributed by atoms with Gasteiger partial charge in [0.2, 0.25) is 0 Å². The average molecular weight is 601 g/mol. The van der Waals surface area contributed by atoms with Crippen LogP contribution in [-0.2, 0) is 23.9 Å². The van der Waals surface area contributed by atoms with Crippen molar-refractivity contribution >= 4 is 41.3 Å². The van der Waals surface area contributed by atoms with Crippen LogP contribution in [0.25, 0.3) is 0 Å². The van der Waals surface area contributed by atoms with E-state index in [1.165, 1.54) is 37.1 Å². The Morgan fingerprint density at radius 1 is 1.12 bits per heavy atom. The van der Waals surface area contributed by atoms with Crippen LogP contribution in [0.2, 0.25) is 0 Å². The van der Waals surface area contributed by atoms with Crippen LogP contribution >= 0.6 is 0 Å². The van der Waals surface area contributed by atoms with Crippen molar-refractivity contribution < 1.29 is 41.9 Å². The molecule has 0 spiro atoms. The number of carbonyl (C=O) groups is 5. The molecule has 3 rings (SSSR count). The molecule has 0 radical (unpaired) electrons. The van der Waals surface area contributed by atoms with E-state index in [1.54, 1.807) is 30.3 Å². The average Bonchev–Trinajstić information content (AvgIpc) is 3.02. The number of esters is 2. The van der Waals surface area contributed by atoms with Gasteiger partial charge in [-0.05, 0) is 30.7 Å². The summed E-state index contributed by atoms with van der Waals surface area (Å²) in [5.74, 6) is -1.36. The van der Waals surface area contributed by atoms with Crippen LogP contribution in [0.5, 0.6) is 0 Å². The van der Waals surface area contributed by atoms with Gasteiger partial charge in [0.1, 0.15) is 6.04 Å². The van der Waals surface area contributed by atoms with Gasteiger partial charge in [-0.25, -0.2) is 4.79 Å². The standard InChI is InChI=1S/C28H27F3N6O6/c1-16(14-22(39)43-26(42)28(29,30)31)37-23(18-6-4-3-5-7-18)25(41)36(2)20-10-8-17(15-19(20)24(37)40)9-11-21(38)34-12-13-35-27(32)33/h3-8,10,15-16,23H,12-14H2,1-2H3,(H,34,38)(H4,32,33,35). The second kappa shape index (κ2) is 13.5. The molecule has 0 saturated carbocycles. The number of nitrogens with two attached hydrogens (primary N) is 2. The zero-order chi connectivity index (χ0) is 31.9. The molecule has 0 bridgehead atoms. The lowest BCUT2D eigenvalue weighted by Gasteiger charge is -2.34. The molecular weight excluding hydrogens is 573 g/mol. The highest BCUT2D eigenvalue weighted by molar-refractivity contribution is 6.11. The predicted octanol–water partition coefficient (Wildman–Crippen LogP) is 0.998. The summed E-state index contributed by atoms with van der Waals surface area (Å²) in [6.07, 6.45) is -6.23. The molecule has 15 heteroatoms. The van der Waals surface area contributed by atoms with Gasteiger partial charge in [-0.15, -0.1) is 0 Å². The van der Waals surface area contributed by atoms with Gasteiger partial charge in [0.25, 0.3) is 17.7 Å². The Labute approximate surface area is 243 Å². The number of alkyl halides is 3. The summed E-state index contributed by atoms with van der Waals surface area (Å²) in [6.45, 7) is 1.59. The summed E-state index contributed by atoms with van der Waals surface area (Å²) < 4.78 is 41.8. The predicted molar refractivity (Wildman–Crippen MR) is 147 cm³/mol. The van der Waals surface area contributed by atoms with Gasteiger partial charge in [-0.1, -0.05) is 36.3 Å². The number of amides is 3. The number of ether oxygens (including phenoxy) is 1. The monoisotopic (exact) mass is 600 g/mol. The third-order valence-electron chi connectivity index (χ3n) is 6.17. The van der Waals surface area contributed by atoms with E-state index in [9.17, 15) is 37.1 Å². The van der Waals surface area contributed by atoms with Crippen molar-refractivity contribution in [3.63, 3.8) is 0 Å². The molecule has 2 unspecified atom stereocenters. The Hall–Kier alpha value is -5.39. The molecule has 2 atom stereocenters. The molecule has 12 nitrogen and oxygen atoms in total. The molecule has 0 aliphatic carbocycles. The highest BCUT2D eigenvalue weighted by Gasteiger charge is 2.44. The Morgan fingerprint density at radius 3 is 2.42 bits per heavy atom. The molecule has 1 aliphatic rings. The van der Waals surface area contributed by atoms with Gasteiger partial charge in [0.05, 0.1) is 24.2 Å². The van der Waals surface area contributed by atoms with E-state index in [1.807, 2.05) is 0 Å². The summed E-state index contributed by atoms with van der Waals surface area (Å²) in [4.78, 5) is 69.3. The molecule has 0 fully saturated rings. The third kappa shape index (κ3) is 8.09. The molecule has 2 aromatic rings. The first kappa shape index (κ1) is 32.1. The van der Waals surface area contributed by atoms with E-state index in [4.69, 9.17) is 11.5 Å². The number of guanidine groups is 1. The van der Waals surface area contributed by atoms with E-state index in [0.717, 1.165) is 4.90 Å². The van der Waals surface area contributed by atoms with E-state index >= 15 is 0 Å². The molecule has 0 aromatic heterocycles. The van der Waals surface area contributed by atoms with E-state index in [-0.39, 0.29) is 35.9 Å². The number of nitrogens with one attached hydrogen (secondary N) is 1. The van der Waals surface area contributed by atoms with E-state index in [2.05, 4.69) is 26.9 Å². The van der Waals surface area contributed by atoms with Gasteiger partial charge in [-0.3, -0.25) is 24.2 Å². The summed E-state index contributed by atoms with van der Waals surface area (Å²) in [7, 11) is 1.43. The van der Waals surface area contributed by atoms with Crippen molar-refractivity contribution in [2.24, 2.45) is 16.5 Å². The largest absolute Gasteiger partial charge is 0.491 e. The van der Waals surface area contributed by atoms with Crippen LogP contribution in [0.1, 0.15) is 40.9 Å². The van der Waals surface area contributed by atoms with Gasteiger partial charge in [0, 0.05) is 31.1 Å². The first-order valence-electron chi connectivity index (χ1n) is 12.7. The van der Waals surface area contributed by atoms with Crippen LogP contribution in [-0.4, -0.2) is 72.9 Å². The summed E-state index contributed by atoms with van der Waals surface area (Å²) in [6, 6.07) is 9.88. The number of likely N-dealkylation sites (N-methyl/N-ethyl adjacent to an activating group) is 1. The van der Waals surface area contributed by atoms with Crippen molar-refractivity contribution in [3.8, 4) is 11.8 Å². The van der Waals surface area contributed by atoms with Gasteiger partial charge in [-0.2, -0.15) is 13.2 Å². The highest BCUT2D eigenvalue weighted by Crippen LogP contribution is 2.36. The van der Waals surface area contributed by atoms with Gasteiger partial charge >= 0.3 is 18.1 Å². The molecule has 1 aliphatic heterocycles. The molecule has 3 amide bonds. The van der Waals surface area contributed by atoms with Crippen molar-refractivity contribution in [3.05, 3.63) is 65.2 Å². The minimum atomic E-state index is -5.40. The van der Waals surface area contributed by atoms with Gasteiger partial charge in [0.15, 0.2) is 5.96 Å². The number of hydrogen-bond acceptors (Lipinski definition) is 7. The fourth-order valence-corrected chi connectivity index (χ4v) is 4.22. The molecule has 2 aromatic carbocycles. The van der Waals surface area contributed by atoms with Crippen LogP contribution in [0.15, 0.2) is 53.5 Å². The Bertz CT molecular complexity index is 1510. The van der Waals surface area contributed by atoms with E-state index in [0.29, 0.717) is 5.56 Å². The number of fused-ring (bicyclic) bond motifs is 1. The Kier molecular flexibility index (Phi) is 10.1. The van der Waals surface area contributed by atoms with E-state index < -0.39 is 54.3 Å². The lowest BCUT2D eigenvalue weighted by atomic mass is 10.0. The zero-order valence-electron chi connectivity index (χ0n) is 23.0. The lowest BCUT2D eigenvalue weighted by Crippen LogP contribution is -2.46. The Morgan fingerprint density at radius 2 is 1.79 bits per heavy atom. The molecular formula is C28H27F3N6O6. The maximum Gasteiger partial charge on any atom is 0.491 e. The van der Waals surface area contributed by atoms with Crippen molar-refractivity contribution in [1.29, 1.82) is 0 Å².